The van der Waals surface area contributed by atoms with Gasteiger partial charge in [-0.3, -0.25) is 5.43 Å². The van der Waals surface area contributed by atoms with E-state index in [-0.39, 0.29) is 11.5 Å². The van der Waals surface area contributed by atoms with Crippen LogP contribution in [0.5, 0.6) is 0 Å². The number of aromatic carboxylic acids is 1. The van der Waals surface area contributed by atoms with Gasteiger partial charge in [0.15, 0.2) is 0 Å². The monoisotopic (exact) mass is 343 g/mol. The lowest BCUT2D eigenvalue weighted by Gasteiger charge is -2.05. The number of aromatic nitrogens is 1. The zero-order chi connectivity index (χ0) is 18.6. The van der Waals surface area contributed by atoms with Crippen molar-refractivity contribution < 1.29 is 19.4 Å². The minimum absolute atomic E-state index is 0.175. The number of nitrogens with one attached hydrogen (secondary N) is 2. The Morgan fingerprint density at radius 3 is 2.68 bits per heavy atom. The summed E-state index contributed by atoms with van der Waals surface area (Å²) in [4.78, 5) is 26.2. The van der Waals surface area contributed by atoms with E-state index >= 15 is 0 Å². The Bertz CT molecular complexity index is 837. The summed E-state index contributed by atoms with van der Waals surface area (Å²) in [5, 5.41) is 13.3. The Hall–Kier alpha value is -3.09. The van der Waals surface area contributed by atoms with Gasteiger partial charge < -0.3 is 14.8 Å². The number of hydrogen-bond donors (Lipinski definition) is 3. The Balaban J connectivity index is 2.26. The van der Waals surface area contributed by atoms with Gasteiger partial charge >= 0.3 is 11.9 Å². The summed E-state index contributed by atoms with van der Waals surface area (Å²) in [6, 6.07) is 6.36. The standard InChI is InChI=1S/C18H21N3O4/c1-5-25-18(24)15-10(2)16(19-11(15)3)12(4)20-21-14-8-6-7-13(9-14)17(22)23/h6-9,19,21H,5H2,1-4H3,(H,22,23)/b20-12+. The molecule has 1 heterocycles. The third-order valence-electron chi connectivity index (χ3n) is 3.74. The van der Waals surface area contributed by atoms with E-state index in [1.807, 2.05) is 6.92 Å². The molecule has 132 valence electrons. The first-order valence-corrected chi connectivity index (χ1v) is 7.85. The maximum absolute atomic E-state index is 12.0. The highest BCUT2D eigenvalue weighted by atomic mass is 16.5. The Labute approximate surface area is 145 Å². The van der Waals surface area contributed by atoms with Crippen LogP contribution in [0, 0.1) is 13.8 Å². The van der Waals surface area contributed by atoms with E-state index in [2.05, 4.69) is 15.5 Å². The molecule has 2 aromatic rings. The third kappa shape index (κ3) is 4.06. The predicted octanol–water partition coefficient (Wildman–Crippen LogP) is 3.34. The van der Waals surface area contributed by atoms with Crippen LogP contribution in [-0.4, -0.2) is 34.3 Å². The number of rotatable bonds is 6. The number of hydrazone groups is 1. The van der Waals surface area contributed by atoms with E-state index in [9.17, 15) is 9.59 Å². The van der Waals surface area contributed by atoms with Gasteiger partial charge in [0, 0.05) is 5.69 Å². The molecule has 0 atom stereocenters. The number of carboxylic acid groups (broad SMARTS) is 1. The lowest BCUT2D eigenvalue weighted by molar-refractivity contribution is 0.0524. The normalized spacial score (nSPS) is 11.3. The van der Waals surface area contributed by atoms with Crippen LogP contribution >= 0.6 is 0 Å². The van der Waals surface area contributed by atoms with Crippen LogP contribution in [0.25, 0.3) is 0 Å². The van der Waals surface area contributed by atoms with Crippen molar-refractivity contribution in [2.45, 2.75) is 27.7 Å². The first-order valence-electron chi connectivity index (χ1n) is 7.85. The van der Waals surface area contributed by atoms with Crippen molar-refractivity contribution in [2.24, 2.45) is 5.10 Å². The van der Waals surface area contributed by atoms with Crippen molar-refractivity contribution in [1.29, 1.82) is 0 Å². The number of carboxylic acids is 1. The number of aromatic amines is 1. The Kier molecular flexibility index (Phi) is 5.59. The molecule has 1 aromatic carbocycles. The summed E-state index contributed by atoms with van der Waals surface area (Å²) in [6.07, 6.45) is 0. The number of benzene rings is 1. The second-order valence-corrected chi connectivity index (χ2v) is 5.54. The van der Waals surface area contributed by atoms with E-state index in [4.69, 9.17) is 9.84 Å². The molecule has 0 aliphatic carbocycles. The van der Waals surface area contributed by atoms with Gasteiger partial charge in [-0.05, 0) is 51.5 Å². The minimum Gasteiger partial charge on any atom is -0.478 e. The third-order valence-corrected chi connectivity index (χ3v) is 3.74. The average Bonchev–Trinajstić information content (AvgIpc) is 2.87. The van der Waals surface area contributed by atoms with Crippen molar-refractivity contribution in [3.8, 4) is 0 Å². The zero-order valence-electron chi connectivity index (χ0n) is 14.6. The average molecular weight is 343 g/mol. The van der Waals surface area contributed by atoms with Crippen LogP contribution in [0.4, 0.5) is 5.69 Å². The maximum atomic E-state index is 12.0. The molecule has 1 aromatic heterocycles. The first-order chi connectivity index (χ1) is 11.8. The molecule has 0 saturated carbocycles. The number of H-pyrrole nitrogens is 1. The van der Waals surface area contributed by atoms with Crippen molar-refractivity contribution in [2.75, 3.05) is 12.0 Å². The molecule has 25 heavy (non-hydrogen) atoms. The Morgan fingerprint density at radius 1 is 1.32 bits per heavy atom. The highest BCUT2D eigenvalue weighted by Gasteiger charge is 2.20. The van der Waals surface area contributed by atoms with Gasteiger partial charge in [0.1, 0.15) is 0 Å². The van der Waals surface area contributed by atoms with Crippen LogP contribution in [0.15, 0.2) is 29.4 Å². The molecular formula is C18H21N3O4. The Morgan fingerprint density at radius 2 is 2.04 bits per heavy atom. The number of esters is 1. The van der Waals surface area contributed by atoms with Gasteiger partial charge in [-0.1, -0.05) is 6.07 Å². The molecule has 0 aliphatic rings. The van der Waals surface area contributed by atoms with Crippen LogP contribution < -0.4 is 5.43 Å². The lowest BCUT2D eigenvalue weighted by Crippen LogP contribution is -2.07. The summed E-state index contributed by atoms with van der Waals surface area (Å²) >= 11 is 0. The molecule has 2 rings (SSSR count). The molecule has 0 bridgehead atoms. The van der Waals surface area contributed by atoms with E-state index in [0.29, 0.717) is 29.3 Å². The van der Waals surface area contributed by atoms with Gasteiger partial charge in [-0.15, -0.1) is 0 Å². The fraction of sp³-hybridized carbons (Fsp3) is 0.278. The number of carbonyl (C=O) groups is 2. The fourth-order valence-electron chi connectivity index (χ4n) is 2.55. The lowest BCUT2D eigenvalue weighted by atomic mass is 10.1. The van der Waals surface area contributed by atoms with Gasteiger partial charge in [0.05, 0.1) is 34.8 Å². The molecule has 0 saturated heterocycles. The summed E-state index contributed by atoms with van der Waals surface area (Å²) in [6.45, 7) is 7.50. The van der Waals surface area contributed by atoms with Crippen molar-refractivity contribution in [1.82, 2.24) is 4.98 Å². The molecular weight excluding hydrogens is 322 g/mol. The van der Waals surface area contributed by atoms with Crippen molar-refractivity contribution >= 4 is 23.3 Å². The molecule has 0 spiro atoms. The zero-order valence-corrected chi connectivity index (χ0v) is 14.6. The van der Waals surface area contributed by atoms with Gasteiger partial charge in [-0.25, -0.2) is 9.59 Å². The molecule has 0 aliphatic heterocycles. The smallest absolute Gasteiger partial charge is 0.340 e. The summed E-state index contributed by atoms with van der Waals surface area (Å²) in [5.41, 5.74) is 6.93. The highest BCUT2D eigenvalue weighted by molar-refractivity contribution is 6.03. The number of nitrogens with zero attached hydrogens (tertiary/aromatic N) is 1. The number of hydrogen-bond acceptors (Lipinski definition) is 5. The number of ether oxygens (including phenoxy) is 1. The molecule has 7 nitrogen and oxygen atoms in total. The molecule has 0 amide bonds. The highest BCUT2D eigenvalue weighted by Crippen LogP contribution is 2.20. The largest absolute Gasteiger partial charge is 0.478 e. The quantitative estimate of drug-likeness (QED) is 0.424. The van der Waals surface area contributed by atoms with Crippen molar-refractivity contribution in [3.63, 3.8) is 0 Å². The number of aryl methyl sites for hydroxylation is 1. The van der Waals surface area contributed by atoms with E-state index in [1.54, 1.807) is 32.9 Å². The molecule has 7 heteroatoms. The summed E-state index contributed by atoms with van der Waals surface area (Å²) in [7, 11) is 0. The van der Waals surface area contributed by atoms with Crippen LogP contribution in [0.3, 0.4) is 0 Å². The second-order valence-electron chi connectivity index (χ2n) is 5.54. The van der Waals surface area contributed by atoms with E-state index in [0.717, 1.165) is 11.3 Å². The predicted molar refractivity (Wildman–Crippen MR) is 95.5 cm³/mol. The molecule has 0 unspecified atom stereocenters. The maximum Gasteiger partial charge on any atom is 0.340 e. The number of carbonyl (C=O) groups excluding carboxylic acids is 1. The van der Waals surface area contributed by atoms with Crippen molar-refractivity contribution in [3.05, 3.63) is 52.3 Å². The molecule has 0 radical (unpaired) electrons. The van der Waals surface area contributed by atoms with Gasteiger partial charge in [-0.2, -0.15) is 5.10 Å². The van der Waals surface area contributed by atoms with Crippen LogP contribution in [0.2, 0.25) is 0 Å². The van der Waals surface area contributed by atoms with E-state index < -0.39 is 5.97 Å². The number of anilines is 1. The SMILES string of the molecule is CCOC(=O)c1c(C)[nH]c(/C(C)=N/Nc2cccc(C(=O)O)c2)c1C. The van der Waals surface area contributed by atoms with Gasteiger partial charge in [0.2, 0.25) is 0 Å². The minimum atomic E-state index is -1.00. The topological polar surface area (TPSA) is 104 Å². The summed E-state index contributed by atoms with van der Waals surface area (Å²) in [5.74, 6) is -1.37. The first kappa shape index (κ1) is 18.3. The summed E-state index contributed by atoms with van der Waals surface area (Å²) < 4.78 is 5.08. The van der Waals surface area contributed by atoms with E-state index in [1.165, 1.54) is 12.1 Å². The van der Waals surface area contributed by atoms with Crippen LogP contribution in [-0.2, 0) is 4.74 Å². The van der Waals surface area contributed by atoms with Gasteiger partial charge in [0.25, 0.3) is 0 Å². The molecule has 3 N–H and O–H groups in total. The van der Waals surface area contributed by atoms with Crippen LogP contribution in [0.1, 0.15) is 51.5 Å². The molecule has 0 fully saturated rings. The second kappa shape index (κ2) is 7.65. The fourth-order valence-corrected chi connectivity index (χ4v) is 2.55.